The maximum absolute atomic E-state index is 11.9. The lowest BCUT2D eigenvalue weighted by Crippen LogP contribution is -2.46. The number of hydrogen-bond donors (Lipinski definition) is 1. The monoisotopic (exact) mass is 242 g/mol. The molecule has 0 aromatic rings. The summed E-state index contributed by atoms with van der Waals surface area (Å²) in [5, 5.41) is 9.13. The van der Waals surface area contributed by atoms with Crippen molar-refractivity contribution in [3.63, 3.8) is 0 Å². The first-order chi connectivity index (χ1) is 7.86. The molecule has 0 aliphatic heterocycles. The summed E-state index contributed by atoms with van der Waals surface area (Å²) >= 11 is 0. The summed E-state index contributed by atoms with van der Waals surface area (Å²) < 4.78 is 0. The van der Waals surface area contributed by atoms with Crippen molar-refractivity contribution in [2.24, 2.45) is 5.41 Å². The standard InChI is InChI=1S/C12H18O5/c1-4-8(13)7-10(15)12(6-3,11(16)17)9(14)5-2/h4-7H2,1-3H3,(H,16,17). The molecule has 5 nitrogen and oxygen atoms in total. The van der Waals surface area contributed by atoms with Gasteiger partial charge in [-0.2, -0.15) is 0 Å². The van der Waals surface area contributed by atoms with Crippen LogP contribution in [0.2, 0.25) is 0 Å². The van der Waals surface area contributed by atoms with Gasteiger partial charge in [-0.3, -0.25) is 19.2 Å². The molecule has 0 aromatic heterocycles. The maximum atomic E-state index is 11.9. The van der Waals surface area contributed by atoms with Crippen LogP contribution in [0, 0.1) is 5.41 Å². The van der Waals surface area contributed by atoms with Gasteiger partial charge in [0, 0.05) is 12.8 Å². The summed E-state index contributed by atoms with van der Waals surface area (Å²) in [6, 6.07) is 0. The van der Waals surface area contributed by atoms with Crippen LogP contribution in [0.4, 0.5) is 0 Å². The number of carboxylic acids is 1. The summed E-state index contributed by atoms with van der Waals surface area (Å²) in [6.45, 7) is 4.56. The number of hydrogen-bond acceptors (Lipinski definition) is 4. The minimum atomic E-state index is -2.04. The molecule has 0 heterocycles. The third kappa shape index (κ3) is 2.99. The van der Waals surface area contributed by atoms with Gasteiger partial charge >= 0.3 is 5.97 Å². The lowest BCUT2D eigenvalue weighted by Gasteiger charge is -2.24. The molecule has 0 spiro atoms. The average Bonchev–Trinajstić information content (AvgIpc) is 2.29. The van der Waals surface area contributed by atoms with E-state index in [9.17, 15) is 19.2 Å². The van der Waals surface area contributed by atoms with Crippen LogP contribution < -0.4 is 0 Å². The maximum Gasteiger partial charge on any atom is 0.324 e. The Kier molecular flexibility index (Phi) is 5.71. The lowest BCUT2D eigenvalue weighted by molar-refractivity contribution is -0.160. The van der Waals surface area contributed by atoms with Gasteiger partial charge in [-0.1, -0.05) is 20.8 Å². The Bertz CT molecular complexity index is 345. The Hall–Kier alpha value is -1.52. The van der Waals surface area contributed by atoms with Crippen LogP contribution in [0.3, 0.4) is 0 Å². The Morgan fingerprint density at radius 2 is 1.47 bits per heavy atom. The molecule has 0 saturated carbocycles. The van der Waals surface area contributed by atoms with Crippen molar-refractivity contribution in [2.75, 3.05) is 0 Å². The second kappa shape index (κ2) is 6.27. The van der Waals surface area contributed by atoms with Crippen molar-refractivity contribution in [3.05, 3.63) is 0 Å². The second-order valence-electron chi connectivity index (χ2n) is 3.83. The van der Waals surface area contributed by atoms with Gasteiger partial charge in [-0.25, -0.2) is 0 Å². The van der Waals surface area contributed by atoms with Crippen LogP contribution in [0.15, 0.2) is 0 Å². The number of carboxylic acid groups (broad SMARTS) is 1. The first-order valence-electron chi connectivity index (χ1n) is 5.68. The lowest BCUT2D eigenvalue weighted by atomic mass is 9.74. The zero-order chi connectivity index (χ0) is 13.6. The van der Waals surface area contributed by atoms with E-state index < -0.39 is 29.4 Å². The molecule has 0 aromatic carbocycles. The van der Waals surface area contributed by atoms with E-state index in [4.69, 9.17) is 5.11 Å². The number of Topliss-reactive ketones (excluding diaryl/α,β-unsaturated/α-hetero) is 3. The summed E-state index contributed by atoms with van der Waals surface area (Å²) in [6.07, 6.45) is -0.481. The van der Waals surface area contributed by atoms with Crippen LogP contribution in [-0.2, 0) is 19.2 Å². The highest BCUT2D eigenvalue weighted by Gasteiger charge is 2.49. The van der Waals surface area contributed by atoms with Crippen molar-refractivity contribution >= 4 is 23.3 Å². The molecule has 0 radical (unpaired) electrons. The Morgan fingerprint density at radius 3 is 1.76 bits per heavy atom. The fourth-order valence-corrected chi connectivity index (χ4v) is 1.70. The summed E-state index contributed by atoms with van der Waals surface area (Å²) in [7, 11) is 0. The van der Waals surface area contributed by atoms with Gasteiger partial charge in [0.1, 0.15) is 5.78 Å². The predicted octanol–water partition coefficient (Wildman–Crippen LogP) is 1.38. The van der Waals surface area contributed by atoms with Crippen molar-refractivity contribution in [1.82, 2.24) is 0 Å². The van der Waals surface area contributed by atoms with Crippen molar-refractivity contribution in [1.29, 1.82) is 0 Å². The molecular formula is C12H18O5. The topological polar surface area (TPSA) is 88.5 Å². The first-order valence-corrected chi connectivity index (χ1v) is 5.68. The van der Waals surface area contributed by atoms with E-state index in [1.165, 1.54) is 13.8 Å². The van der Waals surface area contributed by atoms with Crippen LogP contribution in [0.5, 0.6) is 0 Å². The van der Waals surface area contributed by atoms with Gasteiger partial charge in [0.25, 0.3) is 0 Å². The summed E-state index contributed by atoms with van der Waals surface area (Å²) in [5.74, 6) is -3.24. The van der Waals surface area contributed by atoms with E-state index in [0.717, 1.165) is 0 Å². The van der Waals surface area contributed by atoms with E-state index in [1.807, 2.05) is 0 Å². The van der Waals surface area contributed by atoms with Gasteiger partial charge < -0.3 is 5.11 Å². The highest BCUT2D eigenvalue weighted by atomic mass is 16.4. The van der Waals surface area contributed by atoms with E-state index in [0.29, 0.717) is 0 Å². The van der Waals surface area contributed by atoms with Crippen LogP contribution >= 0.6 is 0 Å². The molecule has 0 aliphatic carbocycles. The largest absolute Gasteiger partial charge is 0.480 e. The molecule has 0 fully saturated rings. The highest BCUT2D eigenvalue weighted by molar-refractivity contribution is 6.24. The van der Waals surface area contributed by atoms with Crippen molar-refractivity contribution < 1.29 is 24.3 Å². The molecule has 0 bridgehead atoms. The number of carbonyl (C=O) groups excluding carboxylic acids is 3. The molecule has 0 saturated heterocycles. The molecule has 96 valence electrons. The van der Waals surface area contributed by atoms with Gasteiger partial charge in [0.15, 0.2) is 17.0 Å². The molecule has 5 heteroatoms. The van der Waals surface area contributed by atoms with Gasteiger partial charge in [0.05, 0.1) is 6.42 Å². The summed E-state index contributed by atoms with van der Waals surface area (Å²) in [4.78, 5) is 46.0. The number of carbonyl (C=O) groups is 4. The molecule has 1 unspecified atom stereocenters. The predicted molar refractivity (Wildman–Crippen MR) is 60.6 cm³/mol. The second-order valence-corrected chi connectivity index (χ2v) is 3.83. The number of aliphatic carboxylic acids is 1. The zero-order valence-electron chi connectivity index (χ0n) is 10.4. The molecular weight excluding hydrogens is 224 g/mol. The third-order valence-corrected chi connectivity index (χ3v) is 2.92. The highest BCUT2D eigenvalue weighted by Crippen LogP contribution is 2.28. The van der Waals surface area contributed by atoms with Crippen LogP contribution in [-0.4, -0.2) is 28.4 Å². The average molecular weight is 242 g/mol. The fourth-order valence-electron chi connectivity index (χ4n) is 1.70. The van der Waals surface area contributed by atoms with Gasteiger partial charge in [0.2, 0.25) is 0 Å². The minimum Gasteiger partial charge on any atom is -0.480 e. The van der Waals surface area contributed by atoms with E-state index in [1.54, 1.807) is 6.92 Å². The van der Waals surface area contributed by atoms with Crippen LogP contribution in [0.25, 0.3) is 0 Å². The van der Waals surface area contributed by atoms with Crippen LogP contribution in [0.1, 0.15) is 46.5 Å². The quantitative estimate of drug-likeness (QED) is 0.649. The zero-order valence-corrected chi connectivity index (χ0v) is 10.4. The number of rotatable bonds is 8. The Labute approximate surface area is 100 Å². The van der Waals surface area contributed by atoms with E-state index in [-0.39, 0.29) is 25.0 Å². The minimum absolute atomic E-state index is 0.0355. The molecule has 0 aliphatic rings. The first kappa shape index (κ1) is 15.5. The fraction of sp³-hybridized carbons (Fsp3) is 0.667. The molecule has 1 atom stereocenters. The van der Waals surface area contributed by atoms with E-state index >= 15 is 0 Å². The third-order valence-electron chi connectivity index (χ3n) is 2.92. The van der Waals surface area contributed by atoms with Crippen molar-refractivity contribution in [3.8, 4) is 0 Å². The molecule has 1 N–H and O–H groups in total. The smallest absolute Gasteiger partial charge is 0.324 e. The van der Waals surface area contributed by atoms with Gasteiger partial charge in [-0.15, -0.1) is 0 Å². The molecule has 17 heavy (non-hydrogen) atoms. The number of ketones is 3. The van der Waals surface area contributed by atoms with Gasteiger partial charge in [-0.05, 0) is 6.42 Å². The van der Waals surface area contributed by atoms with E-state index in [2.05, 4.69) is 0 Å². The molecule has 0 rings (SSSR count). The normalized spacial score (nSPS) is 13.8. The molecule has 0 amide bonds. The SMILES string of the molecule is CCC(=O)CC(=O)C(CC)(C(=O)O)C(=O)CC. The van der Waals surface area contributed by atoms with Crippen molar-refractivity contribution in [2.45, 2.75) is 46.5 Å². The Morgan fingerprint density at radius 1 is 0.941 bits per heavy atom. The summed E-state index contributed by atoms with van der Waals surface area (Å²) in [5.41, 5.74) is -2.04. The Balaban J connectivity index is 5.31.